The second-order valence-electron chi connectivity index (χ2n) is 10.1. The molecule has 3 atom stereocenters. The van der Waals surface area contributed by atoms with Crippen molar-refractivity contribution >= 4 is 35.1 Å². The van der Waals surface area contributed by atoms with Crippen LogP contribution in [0.2, 0.25) is 0 Å². The molecule has 1 heterocycles. The lowest BCUT2D eigenvalue weighted by Crippen LogP contribution is -2.31. The summed E-state index contributed by atoms with van der Waals surface area (Å²) in [5.41, 5.74) is 4.48. The van der Waals surface area contributed by atoms with E-state index in [1.165, 1.54) is 22.6 Å². The van der Waals surface area contributed by atoms with E-state index in [1.807, 2.05) is 44.2 Å². The lowest BCUT2D eigenvalue weighted by molar-refractivity contribution is -0.122. The van der Waals surface area contributed by atoms with E-state index in [-0.39, 0.29) is 35.1 Å². The van der Waals surface area contributed by atoms with Gasteiger partial charge in [0, 0.05) is 5.69 Å². The number of nitrogens with one attached hydrogen (secondary N) is 1. The van der Waals surface area contributed by atoms with E-state index in [9.17, 15) is 19.2 Å². The second kappa shape index (κ2) is 10.6. The maximum Gasteiger partial charge on any atom is 0.338 e. The number of esters is 1. The first kappa shape index (κ1) is 25.4. The second-order valence-corrected chi connectivity index (χ2v) is 10.1. The largest absolute Gasteiger partial charge is 0.452 e. The molecule has 3 aromatic rings. The van der Waals surface area contributed by atoms with Crippen LogP contribution >= 0.6 is 0 Å². The van der Waals surface area contributed by atoms with Crippen molar-refractivity contribution in [3.8, 4) is 0 Å². The Bertz CT molecular complexity index is 1400. The molecule has 1 aliphatic carbocycles. The number of hydrogen-bond donors (Lipinski definition) is 1. The molecule has 0 aromatic heterocycles. The van der Waals surface area contributed by atoms with Gasteiger partial charge in [-0.05, 0) is 86.1 Å². The summed E-state index contributed by atoms with van der Waals surface area (Å²) in [4.78, 5) is 52.8. The van der Waals surface area contributed by atoms with Crippen molar-refractivity contribution < 1.29 is 23.9 Å². The topological polar surface area (TPSA) is 92.8 Å². The van der Waals surface area contributed by atoms with Crippen molar-refractivity contribution in [2.45, 2.75) is 39.0 Å². The van der Waals surface area contributed by atoms with Gasteiger partial charge in [-0.25, -0.2) is 4.79 Å². The molecule has 2 fully saturated rings. The van der Waals surface area contributed by atoms with E-state index in [0.29, 0.717) is 24.2 Å². The standard InChI is InChI=1S/C31H30N2O5/c1-19-11-13-24(15-20(19)2)32-28(34)18-38-31(37)23-9-6-10-25(16-23)33-29(35)26-14-12-22(17-27(26)30(33)36)21-7-4-3-5-8-21/h3-11,13,15-16,22,26-27H,12,14,17-18H2,1-2H3,(H,32,34)/t22-,26+,27-/m0/s1. The summed E-state index contributed by atoms with van der Waals surface area (Å²) in [6, 6.07) is 21.9. The summed E-state index contributed by atoms with van der Waals surface area (Å²) in [5, 5.41) is 2.71. The Morgan fingerprint density at radius 3 is 2.39 bits per heavy atom. The average Bonchev–Trinajstić information content (AvgIpc) is 3.19. The minimum Gasteiger partial charge on any atom is -0.452 e. The summed E-state index contributed by atoms with van der Waals surface area (Å²) in [5.74, 6) is -2.07. The number of anilines is 2. The van der Waals surface area contributed by atoms with Gasteiger partial charge in [-0.15, -0.1) is 0 Å². The first-order valence-corrected chi connectivity index (χ1v) is 12.9. The third kappa shape index (κ3) is 5.09. The number of ether oxygens (including phenoxy) is 1. The number of nitrogens with zero attached hydrogens (tertiary/aromatic N) is 1. The Kier molecular flexibility index (Phi) is 7.09. The number of aryl methyl sites for hydroxylation is 2. The van der Waals surface area contributed by atoms with Crippen molar-refractivity contribution in [3.63, 3.8) is 0 Å². The van der Waals surface area contributed by atoms with Crippen molar-refractivity contribution in [2.24, 2.45) is 11.8 Å². The maximum absolute atomic E-state index is 13.4. The molecule has 7 heteroatoms. The molecule has 0 bridgehead atoms. The summed E-state index contributed by atoms with van der Waals surface area (Å²) in [6.45, 7) is 3.47. The zero-order valence-electron chi connectivity index (χ0n) is 21.5. The van der Waals surface area contributed by atoms with Crippen LogP contribution in [0, 0.1) is 25.7 Å². The van der Waals surface area contributed by atoms with Gasteiger partial charge in [0.15, 0.2) is 6.61 Å². The van der Waals surface area contributed by atoms with Gasteiger partial charge in [0.05, 0.1) is 23.1 Å². The molecule has 1 aliphatic heterocycles. The van der Waals surface area contributed by atoms with Gasteiger partial charge in [-0.3, -0.25) is 19.3 Å². The fraction of sp³-hybridized carbons (Fsp3) is 0.290. The summed E-state index contributed by atoms with van der Waals surface area (Å²) in [6.07, 6.45) is 2.14. The summed E-state index contributed by atoms with van der Waals surface area (Å²) in [7, 11) is 0. The Balaban J connectivity index is 1.24. The molecule has 5 rings (SSSR count). The molecule has 0 unspecified atom stereocenters. The average molecular weight is 511 g/mol. The number of fused-ring (bicyclic) bond motifs is 1. The normalized spacial score (nSPS) is 20.7. The number of carbonyl (C=O) groups excluding carboxylic acids is 4. The van der Waals surface area contributed by atoms with Crippen LogP contribution in [0.15, 0.2) is 72.8 Å². The Morgan fingerprint density at radius 1 is 0.868 bits per heavy atom. The Morgan fingerprint density at radius 2 is 1.63 bits per heavy atom. The molecule has 0 radical (unpaired) electrons. The zero-order valence-corrected chi connectivity index (χ0v) is 21.5. The van der Waals surface area contributed by atoms with Crippen molar-refractivity contribution in [2.75, 3.05) is 16.8 Å². The molecule has 2 aliphatic rings. The molecule has 3 amide bonds. The quantitative estimate of drug-likeness (QED) is 0.365. The van der Waals surface area contributed by atoms with E-state index in [1.54, 1.807) is 18.2 Å². The smallest absolute Gasteiger partial charge is 0.338 e. The zero-order chi connectivity index (χ0) is 26.8. The molecule has 1 saturated heterocycles. The van der Waals surface area contributed by atoms with Gasteiger partial charge in [0.2, 0.25) is 11.8 Å². The monoisotopic (exact) mass is 510 g/mol. The highest BCUT2D eigenvalue weighted by Crippen LogP contribution is 2.45. The van der Waals surface area contributed by atoms with Crippen LogP contribution in [-0.2, 0) is 19.1 Å². The maximum atomic E-state index is 13.4. The summed E-state index contributed by atoms with van der Waals surface area (Å²) >= 11 is 0. The number of carbonyl (C=O) groups is 4. The number of imide groups is 1. The Hall–Kier alpha value is -4.26. The van der Waals surface area contributed by atoms with E-state index in [4.69, 9.17) is 4.74 Å². The van der Waals surface area contributed by atoms with Gasteiger partial charge in [0.25, 0.3) is 5.91 Å². The van der Waals surface area contributed by atoms with Crippen molar-refractivity contribution in [1.82, 2.24) is 0 Å². The highest BCUT2D eigenvalue weighted by molar-refractivity contribution is 6.22. The van der Waals surface area contributed by atoms with E-state index < -0.39 is 18.5 Å². The minimum absolute atomic E-state index is 0.166. The lowest BCUT2D eigenvalue weighted by atomic mass is 9.73. The van der Waals surface area contributed by atoms with Crippen molar-refractivity contribution in [1.29, 1.82) is 0 Å². The van der Waals surface area contributed by atoms with Crippen molar-refractivity contribution in [3.05, 3.63) is 95.1 Å². The highest BCUT2D eigenvalue weighted by atomic mass is 16.5. The van der Waals surface area contributed by atoms with Crippen LogP contribution < -0.4 is 10.2 Å². The first-order valence-electron chi connectivity index (χ1n) is 12.9. The predicted octanol–water partition coefficient (Wildman–Crippen LogP) is 5.17. The molecule has 194 valence electrons. The van der Waals surface area contributed by atoms with E-state index >= 15 is 0 Å². The first-order chi connectivity index (χ1) is 18.3. The predicted molar refractivity (Wildman–Crippen MR) is 144 cm³/mol. The molecule has 0 spiro atoms. The van der Waals surface area contributed by atoms with Crippen LogP contribution in [0.25, 0.3) is 0 Å². The number of hydrogen-bond acceptors (Lipinski definition) is 5. The lowest BCUT2D eigenvalue weighted by Gasteiger charge is -2.28. The molecule has 3 aromatic carbocycles. The molecule has 1 saturated carbocycles. The fourth-order valence-corrected chi connectivity index (χ4v) is 5.46. The minimum atomic E-state index is -0.706. The third-order valence-electron chi connectivity index (χ3n) is 7.66. The SMILES string of the molecule is Cc1ccc(NC(=O)COC(=O)c2cccc(N3C(=O)[C@H]4C[C@@H](c5ccccc5)CC[C@H]4C3=O)c2)cc1C. The molecule has 38 heavy (non-hydrogen) atoms. The van der Waals surface area contributed by atoms with Gasteiger partial charge >= 0.3 is 5.97 Å². The number of rotatable bonds is 6. The Labute approximate surface area is 221 Å². The highest BCUT2D eigenvalue weighted by Gasteiger charge is 2.50. The third-order valence-corrected chi connectivity index (χ3v) is 7.66. The number of amides is 3. The van der Waals surface area contributed by atoms with Gasteiger partial charge in [0.1, 0.15) is 0 Å². The molecular weight excluding hydrogens is 480 g/mol. The number of benzene rings is 3. The van der Waals surface area contributed by atoms with Gasteiger partial charge in [-0.2, -0.15) is 0 Å². The van der Waals surface area contributed by atoms with Crippen LogP contribution in [-0.4, -0.2) is 30.3 Å². The van der Waals surface area contributed by atoms with Crippen LogP contribution in [0.4, 0.5) is 11.4 Å². The molecule has 1 N–H and O–H groups in total. The summed E-state index contributed by atoms with van der Waals surface area (Å²) < 4.78 is 5.21. The van der Waals surface area contributed by atoms with Gasteiger partial charge < -0.3 is 10.1 Å². The molecular formula is C31H30N2O5. The van der Waals surface area contributed by atoms with Crippen LogP contribution in [0.1, 0.15) is 52.2 Å². The fourth-order valence-electron chi connectivity index (χ4n) is 5.46. The molecule has 7 nitrogen and oxygen atoms in total. The van der Waals surface area contributed by atoms with Gasteiger partial charge in [-0.1, -0.05) is 42.5 Å². The van der Waals surface area contributed by atoms with E-state index in [2.05, 4.69) is 17.4 Å². The van der Waals surface area contributed by atoms with E-state index in [0.717, 1.165) is 17.5 Å². The van der Waals surface area contributed by atoms with Crippen LogP contribution in [0.5, 0.6) is 0 Å². The van der Waals surface area contributed by atoms with Crippen LogP contribution in [0.3, 0.4) is 0 Å².